The fourth-order valence-electron chi connectivity index (χ4n) is 2.35. The average Bonchev–Trinajstić information content (AvgIpc) is 2.82. The molecule has 0 N–H and O–H groups in total. The zero-order valence-corrected chi connectivity index (χ0v) is 11.9. The maximum atomic E-state index is 2.30. The number of benzene rings is 1. The van der Waals surface area contributed by atoms with Crippen LogP contribution in [0.15, 0.2) is 60.8 Å². The topological polar surface area (TPSA) is 4.93 Å². The summed E-state index contributed by atoms with van der Waals surface area (Å²) in [7, 11) is 0. The first-order chi connectivity index (χ1) is 9.31. The molecule has 1 aromatic heterocycles. The van der Waals surface area contributed by atoms with Crippen molar-refractivity contribution in [1.82, 2.24) is 4.57 Å². The normalized spacial score (nSPS) is 13.1. The highest BCUT2D eigenvalue weighted by Gasteiger charge is 2.08. The molecule has 2 rings (SSSR count). The van der Waals surface area contributed by atoms with Gasteiger partial charge in [0, 0.05) is 29.2 Å². The van der Waals surface area contributed by atoms with Crippen LogP contribution in [-0.4, -0.2) is 4.57 Å². The first-order valence-corrected chi connectivity index (χ1v) is 6.85. The van der Waals surface area contributed by atoms with Gasteiger partial charge in [0.25, 0.3) is 0 Å². The molecule has 1 heterocycles. The molecule has 0 aliphatic heterocycles. The molecule has 0 amide bonds. The second kappa shape index (κ2) is 6.24. The molecule has 19 heavy (non-hydrogen) atoms. The number of para-hydroxylation sites is 1. The number of hydrogen-bond donors (Lipinski definition) is 0. The van der Waals surface area contributed by atoms with Crippen molar-refractivity contribution in [1.29, 1.82) is 0 Å². The average molecular weight is 251 g/mol. The number of aromatic nitrogens is 1. The molecule has 0 unspecified atom stereocenters. The molecule has 0 radical (unpaired) electrons. The van der Waals surface area contributed by atoms with Crippen LogP contribution >= 0.6 is 0 Å². The Labute approximate surface area is 115 Å². The van der Waals surface area contributed by atoms with Crippen LogP contribution in [0.1, 0.15) is 26.3 Å². The van der Waals surface area contributed by atoms with Crippen LogP contribution in [-0.2, 0) is 6.54 Å². The second-order valence-corrected chi connectivity index (χ2v) is 4.49. The highest BCUT2D eigenvalue weighted by atomic mass is 14.9. The Morgan fingerprint density at radius 1 is 1.16 bits per heavy atom. The van der Waals surface area contributed by atoms with E-state index >= 15 is 0 Å². The molecule has 0 aliphatic carbocycles. The number of hydrogen-bond acceptors (Lipinski definition) is 0. The summed E-state index contributed by atoms with van der Waals surface area (Å²) in [6, 6.07) is 8.59. The van der Waals surface area contributed by atoms with E-state index in [0.717, 1.165) is 6.54 Å². The Morgan fingerprint density at radius 2 is 1.95 bits per heavy atom. The van der Waals surface area contributed by atoms with Crippen molar-refractivity contribution in [2.75, 3.05) is 0 Å². The summed E-state index contributed by atoms with van der Waals surface area (Å²) in [5, 5.41) is 1.32. The zero-order chi connectivity index (χ0) is 13.7. The highest BCUT2D eigenvalue weighted by molar-refractivity contribution is 5.95. The second-order valence-electron chi connectivity index (χ2n) is 4.49. The number of allylic oxidation sites excluding steroid dienone is 6. The molecule has 0 atom stereocenters. The molecule has 1 heteroatoms. The summed E-state index contributed by atoms with van der Waals surface area (Å²) in [4.78, 5) is 0. The molecule has 0 aliphatic rings. The number of rotatable bonds is 4. The van der Waals surface area contributed by atoms with Crippen LogP contribution in [0.3, 0.4) is 0 Å². The van der Waals surface area contributed by atoms with Crippen LogP contribution in [0.2, 0.25) is 0 Å². The minimum absolute atomic E-state index is 0.993. The molecular formula is C18H21N. The van der Waals surface area contributed by atoms with Crippen molar-refractivity contribution in [3.05, 3.63) is 66.4 Å². The smallest absolute Gasteiger partial charge is 0.0486 e. The van der Waals surface area contributed by atoms with Crippen molar-refractivity contribution in [2.24, 2.45) is 0 Å². The molecule has 98 valence electrons. The lowest BCUT2D eigenvalue weighted by Gasteiger charge is -1.99. The fraction of sp³-hybridized carbons (Fsp3) is 0.222. The van der Waals surface area contributed by atoms with Gasteiger partial charge in [0.15, 0.2) is 0 Å². The van der Waals surface area contributed by atoms with E-state index in [1.54, 1.807) is 0 Å². The maximum absolute atomic E-state index is 2.30. The van der Waals surface area contributed by atoms with E-state index in [2.05, 4.69) is 79.3 Å². The molecule has 0 bridgehead atoms. The van der Waals surface area contributed by atoms with Gasteiger partial charge in [-0.2, -0.15) is 0 Å². The van der Waals surface area contributed by atoms with Crippen LogP contribution in [0.4, 0.5) is 0 Å². The number of aryl methyl sites for hydroxylation is 1. The molecular weight excluding hydrogens is 230 g/mol. The van der Waals surface area contributed by atoms with Gasteiger partial charge in [0.1, 0.15) is 0 Å². The van der Waals surface area contributed by atoms with Gasteiger partial charge >= 0.3 is 0 Å². The van der Waals surface area contributed by atoms with E-state index in [1.165, 1.54) is 22.0 Å². The molecule has 0 saturated heterocycles. The first kappa shape index (κ1) is 13.4. The molecule has 0 spiro atoms. The molecule has 1 nitrogen and oxygen atoms in total. The first-order valence-electron chi connectivity index (χ1n) is 6.85. The van der Waals surface area contributed by atoms with Gasteiger partial charge in [-0.1, -0.05) is 48.6 Å². The van der Waals surface area contributed by atoms with Crippen molar-refractivity contribution < 1.29 is 0 Å². The summed E-state index contributed by atoms with van der Waals surface area (Å²) < 4.78 is 2.30. The van der Waals surface area contributed by atoms with Crippen LogP contribution in [0, 0.1) is 0 Å². The lowest BCUT2D eigenvalue weighted by atomic mass is 10.0. The van der Waals surface area contributed by atoms with Gasteiger partial charge in [-0.05, 0) is 32.4 Å². The summed E-state index contributed by atoms with van der Waals surface area (Å²) in [5.41, 5.74) is 3.86. The van der Waals surface area contributed by atoms with Gasteiger partial charge in [-0.25, -0.2) is 0 Å². The minimum Gasteiger partial charge on any atom is -0.347 e. The molecule has 0 saturated carbocycles. The van der Waals surface area contributed by atoms with Gasteiger partial charge < -0.3 is 4.57 Å². The summed E-state index contributed by atoms with van der Waals surface area (Å²) in [6.45, 7) is 7.27. The van der Waals surface area contributed by atoms with Crippen molar-refractivity contribution in [3.63, 3.8) is 0 Å². The number of nitrogens with zero attached hydrogens (tertiary/aromatic N) is 1. The Balaban J connectivity index is 2.66. The van der Waals surface area contributed by atoms with E-state index < -0.39 is 0 Å². The van der Waals surface area contributed by atoms with E-state index in [-0.39, 0.29) is 0 Å². The predicted molar refractivity (Wildman–Crippen MR) is 85.2 cm³/mol. The monoisotopic (exact) mass is 251 g/mol. The summed E-state index contributed by atoms with van der Waals surface area (Å²) >= 11 is 0. The lowest BCUT2D eigenvalue weighted by Crippen LogP contribution is -1.89. The van der Waals surface area contributed by atoms with Crippen molar-refractivity contribution in [2.45, 2.75) is 27.3 Å². The van der Waals surface area contributed by atoms with E-state index in [0.29, 0.717) is 0 Å². The van der Waals surface area contributed by atoms with Crippen LogP contribution in [0.25, 0.3) is 16.5 Å². The lowest BCUT2D eigenvalue weighted by molar-refractivity contribution is 0.797. The van der Waals surface area contributed by atoms with E-state index in [9.17, 15) is 0 Å². The summed E-state index contributed by atoms with van der Waals surface area (Å²) in [6.07, 6.45) is 12.8. The third kappa shape index (κ3) is 2.70. The Kier molecular flexibility index (Phi) is 4.40. The Bertz CT molecular complexity index is 639. The predicted octanol–water partition coefficient (Wildman–Crippen LogP) is 5.20. The Hall–Kier alpha value is -2.02. The van der Waals surface area contributed by atoms with Crippen molar-refractivity contribution in [3.8, 4) is 0 Å². The fourth-order valence-corrected chi connectivity index (χ4v) is 2.35. The largest absolute Gasteiger partial charge is 0.347 e. The van der Waals surface area contributed by atoms with Crippen LogP contribution < -0.4 is 0 Å². The third-order valence-electron chi connectivity index (χ3n) is 3.25. The van der Waals surface area contributed by atoms with Crippen molar-refractivity contribution >= 4 is 16.5 Å². The van der Waals surface area contributed by atoms with Gasteiger partial charge in [-0.15, -0.1) is 0 Å². The number of fused-ring (bicyclic) bond motifs is 1. The van der Waals surface area contributed by atoms with E-state index in [1.807, 2.05) is 6.92 Å². The molecule has 1 aromatic carbocycles. The molecule has 2 aromatic rings. The zero-order valence-electron chi connectivity index (χ0n) is 11.9. The summed E-state index contributed by atoms with van der Waals surface area (Å²) in [5.74, 6) is 0. The van der Waals surface area contributed by atoms with Crippen LogP contribution in [0.5, 0.6) is 0 Å². The minimum atomic E-state index is 0.993. The highest BCUT2D eigenvalue weighted by Crippen LogP contribution is 2.28. The standard InChI is InChI=1S/C18H21N/c1-4-7-11-15(10-5-2)17-14-19(6-3)18-13-9-8-12-16(17)18/h4-5,7-14H,6H2,1-3H3/b7-4-,10-5-,15-11+. The van der Waals surface area contributed by atoms with Gasteiger partial charge in [0.2, 0.25) is 0 Å². The third-order valence-corrected chi connectivity index (χ3v) is 3.25. The van der Waals surface area contributed by atoms with Gasteiger partial charge in [-0.3, -0.25) is 0 Å². The SMILES string of the molecule is C\C=C/C=C(\C=C/C)c1cn(CC)c2ccccc12. The van der Waals surface area contributed by atoms with Gasteiger partial charge in [0.05, 0.1) is 0 Å². The maximum Gasteiger partial charge on any atom is 0.0486 e. The van der Waals surface area contributed by atoms with E-state index in [4.69, 9.17) is 0 Å². The molecule has 0 fully saturated rings. The quantitative estimate of drug-likeness (QED) is 0.658. The Morgan fingerprint density at radius 3 is 2.63 bits per heavy atom.